The van der Waals surface area contributed by atoms with Crippen molar-refractivity contribution in [3.8, 4) is 5.88 Å². The quantitative estimate of drug-likeness (QED) is 0.578. The number of quaternary nitrogens is 2. The van der Waals surface area contributed by atoms with E-state index in [-0.39, 0.29) is 17.7 Å². The number of aryl methyl sites for hydroxylation is 1. The first kappa shape index (κ1) is 18.3. The fraction of sp³-hybridized carbons (Fsp3) is 0.474. The van der Waals surface area contributed by atoms with Crippen LogP contribution in [0.25, 0.3) is 4.96 Å². The molecule has 0 spiro atoms. The van der Waals surface area contributed by atoms with Crippen LogP contribution in [0.4, 0.5) is 4.39 Å². The molecule has 0 radical (unpaired) electrons. The van der Waals surface area contributed by atoms with Crippen LogP contribution in [0.2, 0.25) is 0 Å². The molecular weight excluding hydrogens is 365 g/mol. The number of nitrogens with one attached hydrogen (secondary N) is 2. The van der Waals surface area contributed by atoms with Crippen molar-refractivity contribution >= 4 is 16.3 Å². The van der Waals surface area contributed by atoms with Gasteiger partial charge in [-0.25, -0.2) is 9.37 Å². The van der Waals surface area contributed by atoms with Crippen LogP contribution in [-0.2, 0) is 6.42 Å². The molecule has 6 nitrogen and oxygen atoms in total. The topological polar surface area (TPSA) is 59.3 Å². The van der Waals surface area contributed by atoms with Gasteiger partial charge in [0.15, 0.2) is 11.9 Å². The van der Waals surface area contributed by atoms with E-state index >= 15 is 0 Å². The van der Waals surface area contributed by atoms with E-state index in [0.717, 1.165) is 37.6 Å². The fourth-order valence-corrected chi connectivity index (χ4v) is 5.10. The van der Waals surface area contributed by atoms with Gasteiger partial charge in [0.05, 0.1) is 12.1 Å². The zero-order valence-electron chi connectivity index (χ0n) is 15.7. The van der Waals surface area contributed by atoms with Crippen LogP contribution in [0.1, 0.15) is 36.2 Å². The van der Waals surface area contributed by atoms with Crippen molar-refractivity contribution in [2.45, 2.75) is 26.3 Å². The number of rotatable bonds is 5. The van der Waals surface area contributed by atoms with Gasteiger partial charge in [-0.2, -0.15) is 4.52 Å². The van der Waals surface area contributed by atoms with Gasteiger partial charge in [0.1, 0.15) is 36.9 Å². The first-order valence-corrected chi connectivity index (χ1v) is 10.4. The van der Waals surface area contributed by atoms with E-state index in [0.29, 0.717) is 22.8 Å². The summed E-state index contributed by atoms with van der Waals surface area (Å²) in [5.74, 6) is 0.569. The van der Waals surface area contributed by atoms with Crippen molar-refractivity contribution in [1.82, 2.24) is 14.6 Å². The van der Waals surface area contributed by atoms with Gasteiger partial charge in [-0.15, -0.1) is 5.10 Å². The zero-order valence-corrected chi connectivity index (χ0v) is 16.5. The van der Waals surface area contributed by atoms with E-state index in [4.69, 9.17) is 0 Å². The third-order valence-corrected chi connectivity index (χ3v) is 6.63. The highest BCUT2D eigenvalue weighted by molar-refractivity contribution is 7.17. The third kappa shape index (κ3) is 3.33. The summed E-state index contributed by atoms with van der Waals surface area (Å²) in [4.78, 5) is 8.75. The first-order valence-electron chi connectivity index (χ1n) is 9.62. The van der Waals surface area contributed by atoms with Crippen molar-refractivity contribution in [2.24, 2.45) is 0 Å². The van der Waals surface area contributed by atoms with Crippen LogP contribution in [0, 0.1) is 5.82 Å². The zero-order chi connectivity index (χ0) is 19.0. The smallest absolute Gasteiger partial charge is 0.235 e. The molecule has 0 aliphatic carbocycles. The standard InChI is InChI=1S/C19H24FN5OS/c1-3-15-21-19-25(22-15)18(26)17(27-19)16(13-7-5-6-8-14(13)20)24-11-9-23(4-2)10-12-24/h5-8,16,26H,3-4,9-12H2,1-2H3/p+2/t16-/m1/s1. The number of hydrogen-bond donors (Lipinski definition) is 3. The molecule has 8 heteroatoms. The minimum atomic E-state index is -0.247. The van der Waals surface area contributed by atoms with E-state index in [1.165, 1.54) is 26.8 Å². The second-order valence-electron chi connectivity index (χ2n) is 7.08. The normalized spacial score (nSPS) is 21.6. The van der Waals surface area contributed by atoms with Gasteiger partial charge in [-0.05, 0) is 19.1 Å². The van der Waals surface area contributed by atoms with Crippen molar-refractivity contribution in [3.63, 3.8) is 0 Å². The Morgan fingerprint density at radius 1 is 1.22 bits per heavy atom. The van der Waals surface area contributed by atoms with E-state index < -0.39 is 0 Å². The number of nitrogens with zero attached hydrogens (tertiary/aromatic N) is 3. The molecule has 1 saturated heterocycles. The number of fused-ring (bicyclic) bond motifs is 1. The number of piperazine rings is 1. The lowest BCUT2D eigenvalue weighted by Gasteiger charge is -2.34. The average molecular weight is 392 g/mol. The van der Waals surface area contributed by atoms with Crippen LogP contribution in [0.15, 0.2) is 24.3 Å². The highest BCUT2D eigenvalue weighted by Crippen LogP contribution is 2.35. The molecule has 1 aliphatic rings. The van der Waals surface area contributed by atoms with Crippen LogP contribution < -0.4 is 9.80 Å². The third-order valence-electron chi connectivity index (χ3n) is 5.55. The minimum absolute atomic E-state index is 0.0909. The summed E-state index contributed by atoms with van der Waals surface area (Å²) in [7, 11) is 0. The highest BCUT2D eigenvalue weighted by atomic mass is 32.1. The molecule has 1 atom stereocenters. The number of hydrogen-bond acceptors (Lipinski definition) is 4. The molecule has 3 N–H and O–H groups in total. The number of halogens is 1. The highest BCUT2D eigenvalue weighted by Gasteiger charge is 2.37. The van der Waals surface area contributed by atoms with E-state index in [2.05, 4.69) is 17.0 Å². The van der Waals surface area contributed by atoms with Crippen molar-refractivity contribution in [3.05, 3.63) is 46.3 Å². The second-order valence-corrected chi connectivity index (χ2v) is 8.09. The van der Waals surface area contributed by atoms with Crippen LogP contribution in [0.3, 0.4) is 0 Å². The number of aromatic hydroxyl groups is 1. The van der Waals surface area contributed by atoms with Crippen molar-refractivity contribution in [1.29, 1.82) is 0 Å². The molecule has 4 rings (SSSR count). The predicted octanol–water partition coefficient (Wildman–Crippen LogP) is 0.0906. The summed E-state index contributed by atoms with van der Waals surface area (Å²) in [6.45, 7) is 9.28. The molecular formula is C19H26FN5OS+2. The maximum atomic E-state index is 14.7. The Kier molecular flexibility index (Phi) is 5.12. The summed E-state index contributed by atoms with van der Waals surface area (Å²) in [5.41, 5.74) is 0.628. The van der Waals surface area contributed by atoms with Gasteiger partial charge >= 0.3 is 0 Å². The van der Waals surface area contributed by atoms with E-state index in [1.54, 1.807) is 11.0 Å². The maximum Gasteiger partial charge on any atom is 0.235 e. The lowest BCUT2D eigenvalue weighted by molar-refractivity contribution is -1.02. The molecule has 27 heavy (non-hydrogen) atoms. The molecule has 2 aromatic heterocycles. The lowest BCUT2D eigenvalue weighted by atomic mass is 10.0. The Labute approximate surface area is 161 Å². The van der Waals surface area contributed by atoms with E-state index in [9.17, 15) is 9.50 Å². The molecule has 3 aromatic rings. The van der Waals surface area contributed by atoms with Gasteiger partial charge in [0.25, 0.3) is 0 Å². The molecule has 1 fully saturated rings. The number of thiazole rings is 1. The van der Waals surface area contributed by atoms with Crippen molar-refractivity contribution < 1.29 is 19.3 Å². The molecule has 1 aromatic carbocycles. The van der Waals surface area contributed by atoms with Crippen LogP contribution in [-0.4, -0.2) is 52.4 Å². The predicted molar refractivity (Wildman–Crippen MR) is 102 cm³/mol. The van der Waals surface area contributed by atoms with Gasteiger partial charge in [-0.3, -0.25) is 0 Å². The molecule has 0 unspecified atom stereocenters. The summed E-state index contributed by atoms with van der Waals surface area (Å²) < 4.78 is 16.2. The van der Waals surface area contributed by atoms with Gasteiger partial charge in [-0.1, -0.05) is 30.4 Å². The Morgan fingerprint density at radius 2 is 1.96 bits per heavy atom. The van der Waals surface area contributed by atoms with Crippen molar-refractivity contribution in [2.75, 3.05) is 32.7 Å². The number of aromatic nitrogens is 3. The Hall–Kier alpha value is -2.03. The first-order chi connectivity index (χ1) is 13.1. The largest absolute Gasteiger partial charge is 0.492 e. The van der Waals surface area contributed by atoms with Gasteiger partial charge in [0, 0.05) is 6.42 Å². The monoisotopic (exact) mass is 391 g/mol. The molecule has 0 amide bonds. The van der Waals surface area contributed by atoms with Gasteiger partial charge in [0.2, 0.25) is 10.8 Å². The molecule has 0 saturated carbocycles. The Bertz CT molecular complexity index is 931. The van der Waals surface area contributed by atoms with E-state index in [1.807, 2.05) is 19.1 Å². The minimum Gasteiger partial charge on any atom is -0.492 e. The summed E-state index contributed by atoms with van der Waals surface area (Å²) in [6, 6.07) is 6.66. The average Bonchev–Trinajstić information content (AvgIpc) is 3.23. The Balaban J connectivity index is 1.77. The number of likely N-dealkylation sites (N-methyl/N-ethyl adjacent to an activating group) is 1. The summed E-state index contributed by atoms with van der Waals surface area (Å²) >= 11 is 1.42. The lowest BCUT2D eigenvalue weighted by Crippen LogP contribution is -3.28. The second kappa shape index (κ2) is 7.53. The molecule has 144 valence electrons. The fourth-order valence-electron chi connectivity index (χ4n) is 3.95. The van der Waals surface area contributed by atoms with Gasteiger partial charge < -0.3 is 14.9 Å². The van der Waals surface area contributed by atoms with Crippen LogP contribution in [0.5, 0.6) is 5.88 Å². The Morgan fingerprint density at radius 3 is 2.59 bits per heavy atom. The maximum absolute atomic E-state index is 14.7. The molecule has 1 aliphatic heterocycles. The molecule has 0 bridgehead atoms. The summed E-state index contributed by atoms with van der Waals surface area (Å²) in [6.07, 6.45) is 0.715. The van der Waals surface area contributed by atoms with Crippen LogP contribution >= 0.6 is 11.3 Å². The summed E-state index contributed by atoms with van der Waals surface area (Å²) in [5, 5.41) is 15.3. The SMILES string of the molecule is CCc1nc2sc([C@@H](c3ccccc3F)[NH+]3CC[NH+](CC)CC3)c(O)n2n1. The number of benzene rings is 1. The molecule has 3 heterocycles.